The molecule has 0 fully saturated rings. The highest BCUT2D eigenvalue weighted by atomic mass is 32.2. The molecule has 33 heavy (non-hydrogen) atoms. The predicted octanol–water partition coefficient (Wildman–Crippen LogP) is 3.67. The van der Waals surface area contributed by atoms with E-state index in [-0.39, 0.29) is 5.58 Å². The van der Waals surface area contributed by atoms with Gasteiger partial charge in [-0.05, 0) is 42.8 Å². The zero-order valence-corrected chi connectivity index (χ0v) is 18.3. The number of nitrogens with two attached hydrogens (primary N) is 1. The van der Waals surface area contributed by atoms with Crippen LogP contribution in [0.25, 0.3) is 11.0 Å². The van der Waals surface area contributed by atoms with Gasteiger partial charge in [0.15, 0.2) is 0 Å². The van der Waals surface area contributed by atoms with Gasteiger partial charge in [-0.25, -0.2) is 18.4 Å². The summed E-state index contributed by atoms with van der Waals surface area (Å²) in [6.45, 7) is 1.91. The second-order valence-corrected chi connectivity index (χ2v) is 8.63. The van der Waals surface area contributed by atoms with Gasteiger partial charge in [0.2, 0.25) is 10.0 Å². The zero-order valence-electron chi connectivity index (χ0n) is 17.4. The van der Waals surface area contributed by atoms with Crippen molar-refractivity contribution in [2.45, 2.75) is 30.8 Å². The molecule has 12 heteroatoms. The molecule has 8 nitrogen and oxygen atoms in total. The van der Waals surface area contributed by atoms with Crippen LogP contribution >= 0.6 is 0 Å². The fraction of sp³-hybridized carbons (Fsp3) is 0.238. The number of amides is 1. The number of anilines is 1. The normalized spacial score (nSPS) is 12.1. The van der Waals surface area contributed by atoms with E-state index in [1.165, 1.54) is 13.2 Å². The first-order valence-electron chi connectivity index (χ1n) is 9.56. The molecule has 0 spiro atoms. The average molecular weight is 484 g/mol. The highest BCUT2D eigenvalue weighted by molar-refractivity contribution is 7.89. The van der Waals surface area contributed by atoms with Crippen molar-refractivity contribution < 1.29 is 35.5 Å². The topological polar surface area (TPSA) is 129 Å². The Morgan fingerprint density at radius 1 is 1.18 bits per heavy atom. The van der Waals surface area contributed by atoms with Gasteiger partial charge in [0, 0.05) is 10.9 Å². The molecule has 0 saturated heterocycles. The lowest BCUT2D eigenvalue weighted by Gasteiger charge is -2.15. The number of methoxy groups -OCH3 is 1. The van der Waals surface area contributed by atoms with Crippen molar-refractivity contribution in [3.8, 4) is 5.75 Å². The number of fused-ring (bicyclic) bond motifs is 1. The molecule has 1 heterocycles. The summed E-state index contributed by atoms with van der Waals surface area (Å²) in [5.74, 6) is -0.665. The Bertz CT molecular complexity index is 1400. The third kappa shape index (κ3) is 5.01. The zero-order chi connectivity index (χ0) is 24.6. The van der Waals surface area contributed by atoms with Crippen molar-refractivity contribution >= 4 is 32.6 Å². The van der Waals surface area contributed by atoms with Gasteiger partial charge in [-0.15, -0.1) is 0 Å². The van der Waals surface area contributed by atoms with Crippen LogP contribution in [-0.4, -0.2) is 21.4 Å². The van der Waals surface area contributed by atoms with E-state index < -0.39 is 49.4 Å². The van der Waals surface area contributed by atoms with Gasteiger partial charge in [0.25, 0.3) is 5.91 Å². The van der Waals surface area contributed by atoms with Crippen LogP contribution in [0.4, 0.5) is 18.9 Å². The fourth-order valence-electron chi connectivity index (χ4n) is 3.29. The number of ether oxygens (including phenoxy) is 1. The quantitative estimate of drug-likeness (QED) is 0.514. The van der Waals surface area contributed by atoms with Gasteiger partial charge < -0.3 is 14.5 Å². The third-order valence-electron chi connectivity index (χ3n) is 4.80. The number of sulfonamides is 1. The molecule has 0 bridgehead atoms. The minimum Gasteiger partial charge on any atom is -0.496 e. The van der Waals surface area contributed by atoms with E-state index in [4.69, 9.17) is 14.3 Å². The van der Waals surface area contributed by atoms with Gasteiger partial charge in [0.05, 0.1) is 23.3 Å². The first kappa shape index (κ1) is 24.3. The van der Waals surface area contributed by atoms with E-state index in [0.29, 0.717) is 29.2 Å². The largest absolute Gasteiger partial charge is 0.496 e. The van der Waals surface area contributed by atoms with Crippen LogP contribution < -0.4 is 20.8 Å². The Morgan fingerprint density at radius 2 is 1.88 bits per heavy atom. The molecule has 176 valence electrons. The van der Waals surface area contributed by atoms with Crippen molar-refractivity contribution in [1.82, 2.24) is 0 Å². The Labute approximate surface area is 186 Å². The maximum atomic E-state index is 13.5. The molecule has 1 amide bonds. The molecule has 3 rings (SSSR count). The number of hydrogen-bond acceptors (Lipinski definition) is 6. The van der Waals surface area contributed by atoms with Crippen LogP contribution in [0.15, 0.2) is 50.5 Å². The molecule has 0 aliphatic rings. The molecule has 3 N–H and O–H groups in total. The second-order valence-electron chi connectivity index (χ2n) is 7.07. The Kier molecular flexibility index (Phi) is 6.52. The summed E-state index contributed by atoms with van der Waals surface area (Å²) in [5.41, 5.74) is -2.94. The number of halogens is 3. The van der Waals surface area contributed by atoms with E-state index in [0.717, 1.165) is 18.6 Å². The number of carbonyl (C=O) groups excluding carboxylic acids is 1. The second kappa shape index (κ2) is 8.87. The maximum Gasteiger partial charge on any atom is 0.418 e. The summed E-state index contributed by atoms with van der Waals surface area (Å²) >= 11 is 0. The van der Waals surface area contributed by atoms with Crippen LogP contribution in [0.1, 0.15) is 34.8 Å². The van der Waals surface area contributed by atoms with E-state index in [2.05, 4.69) is 0 Å². The van der Waals surface area contributed by atoms with Crippen LogP contribution in [0, 0.1) is 0 Å². The van der Waals surface area contributed by atoms with Crippen LogP contribution in [0.2, 0.25) is 0 Å². The van der Waals surface area contributed by atoms with Crippen molar-refractivity contribution in [2.75, 3.05) is 12.4 Å². The third-order valence-corrected chi connectivity index (χ3v) is 5.71. The number of carbonyl (C=O) groups is 1. The van der Waals surface area contributed by atoms with E-state index in [1.807, 2.05) is 12.2 Å². The molecule has 0 radical (unpaired) electrons. The minimum atomic E-state index is -5.01. The molecular weight excluding hydrogens is 465 g/mol. The summed E-state index contributed by atoms with van der Waals surface area (Å²) in [5, 5.41) is 7.27. The predicted molar refractivity (Wildman–Crippen MR) is 114 cm³/mol. The lowest BCUT2D eigenvalue weighted by atomic mass is 10.0. The van der Waals surface area contributed by atoms with Crippen molar-refractivity contribution in [3.63, 3.8) is 0 Å². The molecule has 0 aliphatic heterocycles. The van der Waals surface area contributed by atoms with E-state index in [9.17, 15) is 31.2 Å². The summed E-state index contributed by atoms with van der Waals surface area (Å²) in [4.78, 5) is 24.4. The van der Waals surface area contributed by atoms with Gasteiger partial charge in [-0.1, -0.05) is 13.3 Å². The highest BCUT2D eigenvalue weighted by Crippen LogP contribution is 2.36. The van der Waals surface area contributed by atoms with Gasteiger partial charge in [-0.2, -0.15) is 13.2 Å². The van der Waals surface area contributed by atoms with Crippen molar-refractivity contribution in [1.29, 1.82) is 0 Å². The van der Waals surface area contributed by atoms with Crippen LogP contribution in [0.5, 0.6) is 5.75 Å². The summed E-state index contributed by atoms with van der Waals surface area (Å²) in [7, 11) is -2.96. The number of benzene rings is 2. The standard InChI is InChI=1S/C21H19F3N2O6S/c1-3-4-13-17(31-2)8-5-11-9-14(20(28)32-18(11)13)19(27)26-16-7-6-12(33(25,29)30)10-15(16)21(22,23)24/h5-10H,3-4H2,1-2H3,(H,26,27)(H2,25,29,30). The monoisotopic (exact) mass is 484 g/mol. The maximum absolute atomic E-state index is 13.5. The average Bonchev–Trinajstić information content (AvgIpc) is 2.72. The summed E-state index contributed by atoms with van der Waals surface area (Å²) < 4.78 is 73.8. The minimum absolute atomic E-state index is 0.214. The molecule has 0 saturated carbocycles. The summed E-state index contributed by atoms with van der Waals surface area (Å²) in [6, 6.07) is 6.25. The lowest BCUT2D eigenvalue weighted by molar-refractivity contribution is -0.137. The van der Waals surface area contributed by atoms with Gasteiger partial charge in [0.1, 0.15) is 16.9 Å². The molecule has 3 aromatic rings. The first-order chi connectivity index (χ1) is 15.4. The fourth-order valence-corrected chi connectivity index (χ4v) is 3.83. The van der Waals surface area contributed by atoms with Crippen LogP contribution in [0.3, 0.4) is 0 Å². The molecule has 2 aromatic carbocycles. The lowest BCUT2D eigenvalue weighted by Crippen LogP contribution is -2.23. The van der Waals surface area contributed by atoms with E-state index >= 15 is 0 Å². The number of alkyl halides is 3. The van der Waals surface area contributed by atoms with Crippen molar-refractivity contribution in [2.24, 2.45) is 5.14 Å². The van der Waals surface area contributed by atoms with Gasteiger partial charge >= 0.3 is 11.8 Å². The number of aryl methyl sites for hydroxylation is 1. The van der Waals surface area contributed by atoms with Crippen molar-refractivity contribution in [3.05, 3.63) is 63.5 Å². The Morgan fingerprint density at radius 3 is 2.45 bits per heavy atom. The molecular formula is C21H19F3N2O6S. The number of primary sulfonamides is 1. The number of hydrogen-bond donors (Lipinski definition) is 2. The Hall–Kier alpha value is -3.38. The highest BCUT2D eigenvalue weighted by Gasteiger charge is 2.35. The van der Waals surface area contributed by atoms with Crippen LogP contribution in [-0.2, 0) is 22.6 Å². The summed E-state index contributed by atoms with van der Waals surface area (Å²) in [6.07, 6.45) is -3.76. The molecule has 0 atom stereocenters. The molecule has 0 unspecified atom stereocenters. The number of rotatable bonds is 6. The Balaban J connectivity index is 2.07. The number of nitrogens with one attached hydrogen (secondary N) is 1. The first-order valence-corrected chi connectivity index (χ1v) is 11.1. The van der Waals surface area contributed by atoms with Gasteiger partial charge in [-0.3, -0.25) is 4.79 Å². The van der Waals surface area contributed by atoms with E-state index in [1.54, 1.807) is 12.1 Å². The molecule has 0 aliphatic carbocycles. The smallest absolute Gasteiger partial charge is 0.418 e. The SMILES string of the molecule is CCCc1c(OC)ccc2cc(C(=O)Nc3ccc(S(N)(=O)=O)cc3C(F)(F)F)c(=O)oc12. The molecule has 1 aromatic heterocycles.